The van der Waals surface area contributed by atoms with Gasteiger partial charge in [0.1, 0.15) is 11.3 Å². The number of rotatable bonds is 2. The summed E-state index contributed by atoms with van der Waals surface area (Å²) in [6, 6.07) is 10.7. The van der Waals surface area contributed by atoms with Gasteiger partial charge in [-0.3, -0.25) is 4.98 Å². The van der Waals surface area contributed by atoms with Crippen molar-refractivity contribution in [2.24, 2.45) is 0 Å². The van der Waals surface area contributed by atoms with E-state index in [1.807, 2.05) is 31.2 Å². The van der Waals surface area contributed by atoms with Gasteiger partial charge in [-0.1, -0.05) is 12.1 Å². The molecule has 4 heteroatoms. The largest absolute Gasteiger partial charge is 0.478 e. The van der Waals surface area contributed by atoms with Gasteiger partial charge < -0.3 is 9.52 Å². The second-order valence-corrected chi connectivity index (χ2v) is 4.39. The molecule has 0 aliphatic rings. The molecule has 0 fully saturated rings. The first kappa shape index (κ1) is 11.5. The zero-order valence-electron chi connectivity index (χ0n) is 10.3. The van der Waals surface area contributed by atoms with Crippen LogP contribution in [0.25, 0.3) is 22.4 Å². The summed E-state index contributed by atoms with van der Waals surface area (Å²) in [7, 11) is 0. The number of aromatic carboxylic acids is 1. The predicted molar refractivity (Wildman–Crippen MR) is 71.1 cm³/mol. The van der Waals surface area contributed by atoms with Crippen molar-refractivity contribution in [1.82, 2.24) is 4.98 Å². The lowest BCUT2D eigenvalue weighted by Crippen LogP contribution is -1.96. The molecule has 2 heterocycles. The summed E-state index contributed by atoms with van der Waals surface area (Å²) in [6.07, 6.45) is 1.47. The Morgan fingerprint density at radius 3 is 2.84 bits per heavy atom. The third-order valence-electron chi connectivity index (χ3n) is 2.93. The van der Waals surface area contributed by atoms with Crippen LogP contribution in [-0.4, -0.2) is 16.1 Å². The average molecular weight is 253 g/mol. The number of aromatic nitrogens is 1. The van der Waals surface area contributed by atoms with Crippen molar-refractivity contribution in [2.45, 2.75) is 6.92 Å². The minimum atomic E-state index is -0.976. The lowest BCUT2D eigenvalue weighted by Gasteiger charge is -1.97. The Balaban J connectivity index is 2.13. The zero-order chi connectivity index (χ0) is 13.4. The normalized spacial score (nSPS) is 10.8. The molecule has 0 aliphatic heterocycles. The minimum absolute atomic E-state index is 0.196. The molecule has 0 unspecified atom stereocenters. The van der Waals surface area contributed by atoms with Crippen molar-refractivity contribution in [3.8, 4) is 11.5 Å². The summed E-state index contributed by atoms with van der Waals surface area (Å²) < 4.78 is 5.71. The molecule has 1 N–H and O–H groups in total. The standard InChI is InChI=1S/C15H11NO3/c1-9-2-3-10-8-14(19-13(10)6-9)12-7-11(15(17)18)4-5-16-12/h2-8H,1H3,(H,17,18). The van der Waals surface area contributed by atoms with Gasteiger partial charge in [0, 0.05) is 11.6 Å². The van der Waals surface area contributed by atoms with E-state index in [2.05, 4.69) is 4.98 Å². The first-order valence-electron chi connectivity index (χ1n) is 5.83. The highest BCUT2D eigenvalue weighted by Gasteiger charge is 2.10. The molecule has 1 aromatic carbocycles. The van der Waals surface area contributed by atoms with Crippen LogP contribution in [-0.2, 0) is 0 Å². The molecule has 0 aliphatic carbocycles. The summed E-state index contributed by atoms with van der Waals surface area (Å²) in [6.45, 7) is 1.99. The van der Waals surface area contributed by atoms with Gasteiger partial charge in [-0.2, -0.15) is 0 Å². The van der Waals surface area contributed by atoms with Gasteiger partial charge in [-0.15, -0.1) is 0 Å². The molecule has 3 rings (SSSR count). The fourth-order valence-corrected chi connectivity index (χ4v) is 1.96. The van der Waals surface area contributed by atoms with Crippen molar-refractivity contribution in [2.75, 3.05) is 0 Å². The van der Waals surface area contributed by atoms with Gasteiger partial charge in [0.25, 0.3) is 0 Å². The Hall–Kier alpha value is -2.62. The van der Waals surface area contributed by atoms with Crippen LogP contribution in [0.3, 0.4) is 0 Å². The molecular formula is C15H11NO3. The number of carboxylic acids is 1. The number of hydrogen-bond donors (Lipinski definition) is 1. The predicted octanol–water partition coefficient (Wildman–Crippen LogP) is 3.50. The van der Waals surface area contributed by atoms with Crippen molar-refractivity contribution in [1.29, 1.82) is 0 Å². The highest BCUT2D eigenvalue weighted by atomic mass is 16.4. The summed E-state index contributed by atoms with van der Waals surface area (Å²) >= 11 is 0. The average Bonchev–Trinajstić information content (AvgIpc) is 2.81. The fourth-order valence-electron chi connectivity index (χ4n) is 1.96. The molecule has 4 nitrogen and oxygen atoms in total. The molecule has 0 spiro atoms. The Morgan fingerprint density at radius 1 is 1.21 bits per heavy atom. The molecule has 0 saturated carbocycles. The lowest BCUT2D eigenvalue weighted by molar-refractivity contribution is 0.0697. The third-order valence-corrected chi connectivity index (χ3v) is 2.93. The first-order chi connectivity index (χ1) is 9.13. The molecule has 0 bridgehead atoms. The number of hydrogen-bond acceptors (Lipinski definition) is 3. The summed E-state index contributed by atoms with van der Waals surface area (Å²) in [5.41, 5.74) is 2.61. The topological polar surface area (TPSA) is 63.3 Å². The van der Waals surface area contributed by atoms with E-state index in [0.717, 1.165) is 16.5 Å². The highest BCUT2D eigenvalue weighted by Crippen LogP contribution is 2.27. The Morgan fingerprint density at radius 2 is 2.05 bits per heavy atom. The van der Waals surface area contributed by atoms with Crippen molar-refractivity contribution in [3.05, 3.63) is 53.7 Å². The van der Waals surface area contributed by atoms with E-state index in [4.69, 9.17) is 9.52 Å². The van der Waals surface area contributed by atoms with Crippen LogP contribution < -0.4 is 0 Å². The fraction of sp³-hybridized carbons (Fsp3) is 0.0667. The van der Waals surface area contributed by atoms with E-state index in [-0.39, 0.29) is 5.56 Å². The monoisotopic (exact) mass is 253 g/mol. The molecule has 2 aromatic heterocycles. The molecule has 0 saturated heterocycles. The first-order valence-corrected chi connectivity index (χ1v) is 5.83. The van der Waals surface area contributed by atoms with Crippen LogP contribution in [0.1, 0.15) is 15.9 Å². The van der Waals surface area contributed by atoms with Crippen LogP contribution >= 0.6 is 0 Å². The molecular weight excluding hydrogens is 242 g/mol. The van der Waals surface area contributed by atoms with Gasteiger partial charge >= 0.3 is 5.97 Å². The maximum Gasteiger partial charge on any atom is 0.335 e. The molecule has 94 valence electrons. The van der Waals surface area contributed by atoms with Gasteiger partial charge in [-0.25, -0.2) is 4.79 Å². The summed E-state index contributed by atoms with van der Waals surface area (Å²) in [5.74, 6) is -0.403. The number of benzene rings is 1. The third kappa shape index (κ3) is 2.08. The number of nitrogens with zero attached hydrogens (tertiary/aromatic N) is 1. The van der Waals surface area contributed by atoms with Crippen LogP contribution in [0.15, 0.2) is 47.0 Å². The Bertz CT molecular complexity index is 774. The van der Waals surface area contributed by atoms with E-state index in [0.29, 0.717) is 11.5 Å². The lowest BCUT2D eigenvalue weighted by atomic mass is 10.1. The molecule has 19 heavy (non-hydrogen) atoms. The minimum Gasteiger partial charge on any atom is -0.478 e. The Kier molecular flexibility index (Phi) is 2.56. The van der Waals surface area contributed by atoms with Crippen LogP contribution in [0.4, 0.5) is 0 Å². The summed E-state index contributed by atoms with van der Waals surface area (Å²) in [4.78, 5) is 15.1. The number of pyridine rings is 1. The second kappa shape index (κ2) is 4.24. The highest BCUT2D eigenvalue weighted by molar-refractivity contribution is 5.89. The van der Waals surface area contributed by atoms with E-state index in [1.165, 1.54) is 18.3 Å². The van der Waals surface area contributed by atoms with Crippen LogP contribution in [0.5, 0.6) is 0 Å². The van der Waals surface area contributed by atoms with Gasteiger partial charge in [0.05, 0.1) is 5.56 Å². The maximum absolute atomic E-state index is 10.9. The number of furan rings is 1. The van der Waals surface area contributed by atoms with E-state index < -0.39 is 5.97 Å². The van der Waals surface area contributed by atoms with Crippen molar-refractivity contribution in [3.63, 3.8) is 0 Å². The quantitative estimate of drug-likeness (QED) is 0.759. The smallest absolute Gasteiger partial charge is 0.335 e. The number of carboxylic acid groups (broad SMARTS) is 1. The maximum atomic E-state index is 10.9. The van der Waals surface area contributed by atoms with E-state index in [9.17, 15) is 4.79 Å². The number of fused-ring (bicyclic) bond motifs is 1. The van der Waals surface area contributed by atoms with E-state index in [1.54, 1.807) is 0 Å². The molecule has 3 aromatic rings. The molecule has 0 amide bonds. The van der Waals surface area contributed by atoms with Crippen molar-refractivity contribution >= 4 is 16.9 Å². The van der Waals surface area contributed by atoms with Crippen molar-refractivity contribution < 1.29 is 14.3 Å². The SMILES string of the molecule is Cc1ccc2cc(-c3cc(C(=O)O)ccn3)oc2c1. The van der Waals surface area contributed by atoms with Crippen LogP contribution in [0.2, 0.25) is 0 Å². The number of carbonyl (C=O) groups is 1. The number of aryl methyl sites for hydroxylation is 1. The second-order valence-electron chi connectivity index (χ2n) is 4.39. The summed E-state index contributed by atoms with van der Waals surface area (Å²) in [5, 5.41) is 9.95. The van der Waals surface area contributed by atoms with Gasteiger partial charge in [-0.05, 0) is 36.8 Å². The zero-order valence-corrected chi connectivity index (χ0v) is 10.3. The van der Waals surface area contributed by atoms with E-state index >= 15 is 0 Å². The molecule has 0 atom stereocenters. The van der Waals surface area contributed by atoms with Gasteiger partial charge in [0.15, 0.2) is 5.76 Å². The van der Waals surface area contributed by atoms with Gasteiger partial charge in [0.2, 0.25) is 0 Å². The van der Waals surface area contributed by atoms with Crippen LogP contribution in [0, 0.1) is 6.92 Å². The Labute approximate surface area is 109 Å². The molecule has 0 radical (unpaired) electrons.